The van der Waals surface area contributed by atoms with E-state index >= 15 is 0 Å². The lowest BCUT2D eigenvalue weighted by molar-refractivity contribution is 0.192. The fraction of sp³-hybridized carbons (Fsp3) is 0.333. The molecule has 1 aliphatic heterocycles. The average molecular weight is 427 g/mol. The van der Waals surface area contributed by atoms with Crippen LogP contribution in [-0.2, 0) is 9.84 Å². The zero-order chi connectivity index (χ0) is 20.3. The number of halogens is 3. The largest absolute Gasteiger partial charge is 0.490 e. The van der Waals surface area contributed by atoms with Crippen LogP contribution in [0.25, 0.3) is 0 Å². The predicted octanol–water partition coefficient (Wildman–Crippen LogP) is 5.89. The van der Waals surface area contributed by atoms with E-state index in [2.05, 4.69) is 6.58 Å². The average Bonchev–Trinajstić information content (AvgIpc) is 2.68. The van der Waals surface area contributed by atoms with Crippen molar-refractivity contribution in [3.63, 3.8) is 0 Å². The van der Waals surface area contributed by atoms with Gasteiger partial charge in [0.25, 0.3) is 0 Å². The molecule has 0 radical (unpaired) electrons. The van der Waals surface area contributed by atoms with Crippen LogP contribution in [0.5, 0.6) is 5.75 Å². The zero-order valence-electron chi connectivity index (χ0n) is 15.2. The maximum atomic E-state index is 14.7. The Balaban J connectivity index is 2.07. The molecule has 7 heteroatoms. The minimum Gasteiger partial charge on any atom is -0.490 e. The van der Waals surface area contributed by atoms with Crippen molar-refractivity contribution in [2.45, 2.75) is 35.8 Å². The van der Waals surface area contributed by atoms with Crippen LogP contribution >= 0.6 is 11.6 Å². The van der Waals surface area contributed by atoms with Gasteiger partial charge in [-0.2, -0.15) is 0 Å². The van der Waals surface area contributed by atoms with Crippen molar-refractivity contribution in [2.24, 2.45) is 5.92 Å². The number of unbranched alkanes of at least 4 members (excludes halogenated alkanes) is 2. The molecule has 3 nitrogen and oxygen atoms in total. The molecule has 0 aromatic heterocycles. The molecule has 1 heterocycles. The fourth-order valence-corrected chi connectivity index (χ4v) is 5.77. The highest BCUT2D eigenvalue weighted by Gasteiger charge is 2.43. The highest BCUT2D eigenvalue weighted by Crippen LogP contribution is 2.47. The van der Waals surface area contributed by atoms with E-state index in [4.69, 9.17) is 16.3 Å². The Morgan fingerprint density at radius 2 is 1.79 bits per heavy atom. The van der Waals surface area contributed by atoms with Crippen molar-refractivity contribution in [2.75, 3.05) is 6.61 Å². The van der Waals surface area contributed by atoms with Gasteiger partial charge in [0.05, 0.1) is 17.1 Å². The number of hydrogen-bond acceptors (Lipinski definition) is 3. The highest BCUT2D eigenvalue weighted by atomic mass is 35.5. The Morgan fingerprint density at radius 1 is 1.11 bits per heavy atom. The van der Waals surface area contributed by atoms with Gasteiger partial charge < -0.3 is 4.74 Å². The molecule has 3 rings (SSSR count). The Labute approximate surface area is 168 Å². The smallest absolute Gasteiger partial charge is 0.186 e. The molecule has 0 spiro atoms. The standard InChI is InChI=1S/C21H21ClF2O3S/c1-2-3-4-5-6-14-13-27-20-18(24)12-11-17(23)19(20)21(14)28(25,26)16-9-7-15(22)8-10-16/h2,7-12,14,21H,1,3-6,13H2/t14-,21+/m0/s1. The maximum Gasteiger partial charge on any atom is 0.186 e. The number of hydrogen-bond donors (Lipinski definition) is 0. The lowest BCUT2D eigenvalue weighted by atomic mass is 9.91. The molecule has 2 aromatic carbocycles. The summed E-state index contributed by atoms with van der Waals surface area (Å²) in [6.45, 7) is 3.69. The minimum atomic E-state index is -3.99. The second-order valence-electron chi connectivity index (χ2n) is 6.84. The third-order valence-electron chi connectivity index (χ3n) is 4.96. The van der Waals surface area contributed by atoms with Crippen molar-refractivity contribution in [1.29, 1.82) is 0 Å². The summed E-state index contributed by atoms with van der Waals surface area (Å²) >= 11 is 5.87. The van der Waals surface area contributed by atoms with Crippen molar-refractivity contribution in [3.05, 3.63) is 71.3 Å². The van der Waals surface area contributed by atoms with Crippen LogP contribution in [0.2, 0.25) is 5.02 Å². The van der Waals surface area contributed by atoms with Crippen LogP contribution in [0.3, 0.4) is 0 Å². The molecule has 0 saturated carbocycles. The van der Waals surface area contributed by atoms with E-state index in [1.54, 1.807) is 6.08 Å². The summed E-state index contributed by atoms with van der Waals surface area (Å²) in [6.07, 6.45) is 4.69. The molecule has 0 amide bonds. The van der Waals surface area contributed by atoms with Gasteiger partial charge in [0.15, 0.2) is 21.4 Å². The summed E-state index contributed by atoms with van der Waals surface area (Å²) in [5, 5.41) is -0.832. The van der Waals surface area contributed by atoms with E-state index in [9.17, 15) is 17.2 Å². The van der Waals surface area contributed by atoms with Crippen LogP contribution in [0, 0.1) is 17.6 Å². The third-order valence-corrected chi connectivity index (χ3v) is 7.43. The van der Waals surface area contributed by atoms with E-state index in [1.807, 2.05) is 0 Å². The lowest BCUT2D eigenvalue weighted by Gasteiger charge is -2.33. The topological polar surface area (TPSA) is 43.4 Å². The monoisotopic (exact) mass is 426 g/mol. The molecule has 2 atom stereocenters. The number of allylic oxidation sites excluding steroid dienone is 1. The van der Waals surface area contributed by atoms with E-state index in [-0.39, 0.29) is 22.8 Å². The van der Waals surface area contributed by atoms with E-state index in [0.717, 1.165) is 31.4 Å². The Hall–Kier alpha value is -1.92. The Kier molecular flexibility index (Phi) is 6.40. The molecule has 0 N–H and O–H groups in total. The summed E-state index contributed by atoms with van der Waals surface area (Å²) in [4.78, 5) is 0.0227. The molecule has 0 fully saturated rings. The summed E-state index contributed by atoms with van der Waals surface area (Å²) < 4.78 is 61.2. The Morgan fingerprint density at radius 3 is 2.46 bits per heavy atom. The SMILES string of the molecule is C=CCCCC[C@H]1COc2c(F)ccc(F)c2[C@@H]1S(=O)(=O)c1ccc(Cl)cc1. The summed E-state index contributed by atoms with van der Waals surface area (Å²) in [6, 6.07) is 7.61. The van der Waals surface area contributed by atoms with Gasteiger partial charge in [-0.05, 0) is 55.7 Å². The van der Waals surface area contributed by atoms with Crippen LogP contribution < -0.4 is 4.74 Å². The van der Waals surface area contributed by atoms with Crippen LogP contribution in [0.1, 0.15) is 36.5 Å². The van der Waals surface area contributed by atoms with Gasteiger partial charge in [0.1, 0.15) is 11.1 Å². The van der Waals surface area contributed by atoms with Crippen molar-refractivity contribution < 1.29 is 21.9 Å². The van der Waals surface area contributed by atoms with E-state index in [0.29, 0.717) is 11.4 Å². The van der Waals surface area contributed by atoms with E-state index < -0.39 is 32.6 Å². The predicted molar refractivity (Wildman–Crippen MR) is 105 cm³/mol. The number of rotatable bonds is 7. The summed E-state index contributed by atoms with van der Waals surface area (Å²) in [5.41, 5.74) is -0.227. The summed E-state index contributed by atoms with van der Waals surface area (Å²) in [5.74, 6) is -2.35. The maximum absolute atomic E-state index is 14.7. The van der Waals surface area contributed by atoms with Gasteiger partial charge in [-0.15, -0.1) is 6.58 Å². The number of fused-ring (bicyclic) bond motifs is 1. The summed E-state index contributed by atoms with van der Waals surface area (Å²) in [7, 11) is -3.99. The molecule has 0 saturated heterocycles. The fourth-order valence-electron chi connectivity index (χ4n) is 3.58. The normalized spacial score (nSPS) is 19.0. The molecule has 0 unspecified atom stereocenters. The van der Waals surface area contributed by atoms with E-state index in [1.165, 1.54) is 24.3 Å². The van der Waals surface area contributed by atoms with Gasteiger partial charge in [-0.1, -0.05) is 24.1 Å². The van der Waals surface area contributed by atoms with Crippen molar-refractivity contribution >= 4 is 21.4 Å². The van der Waals surface area contributed by atoms with Crippen LogP contribution in [-0.4, -0.2) is 15.0 Å². The highest BCUT2D eigenvalue weighted by molar-refractivity contribution is 7.91. The molecular weight excluding hydrogens is 406 g/mol. The zero-order valence-corrected chi connectivity index (χ0v) is 16.8. The first-order valence-corrected chi connectivity index (χ1v) is 11.0. The quantitative estimate of drug-likeness (QED) is 0.409. The molecular formula is C21H21ClF2O3S. The van der Waals surface area contributed by atoms with Crippen LogP contribution in [0.4, 0.5) is 8.78 Å². The molecule has 150 valence electrons. The second kappa shape index (κ2) is 8.62. The van der Waals surface area contributed by atoms with Crippen molar-refractivity contribution in [3.8, 4) is 5.75 Å². The van der Waals surface area contributed by atoms with Crippen LogP contribution in [0.15, 0.2) is 53.9 Å². The van der Waals surface area contributed by atoms with Gasteiger partial charge in [-0.3, -0.25) is 0 Å². The number of sulfone groups is 1. The first kappa shape index (κ1) is 20.8. The van der Waals surface area contributed by atoms with Gasteiger partial charge in [0.2, 0.25) is 0 Å². The first-order valence-electron chi connectivity index (χ1n) is 9.07. The molecule has 0 aliphatic carbocycles. The van der Waals surface area contributed by atoms with Gasteiger partial charge in [0, 0.05) is 10.9 Å². The van der Waals surface area contributed by atoms with Gasteiger partial charge in [-0.25, -0.2) is 17.2 Å². The van der Waals surface area contributed by atoms with Crippen molar-refractivity contribution in [1.82, 2.24) is 0 Å². The second-order valence-corrected chi connectivity index (χ2v) is 9.34. The minimum absolute atomic E-state index is 0.0128. The molecule has 1 aliphatic rings. The third kappa shape index (κ3) is 4.08. The Bertz CT molecular complexity index is 958. The lowest BCUT2D eigenvalue weighted by Crippen LogP contribution is -2.33. The first-order chi connectivity index (χ1) is 13.4. The number of benzene rings is 2. The number of ether oxygens (including phenoxy) is 1. The molecule has 28 heavy (non-hydrogen) atoms. The molecule has 2 aromatic rings. The molecule has 0 bridgehead atoms. The van der Waals surface area contributed by atoms with Gasteiger partial charge >= 0.3 is 0 Å².